The van der Waals surface area contributed by atoms with E-state index in [-0.39, 0.29) is 29.7 Å². The highest BCUT2D eigenvalue weighted by molar-refractivity contribution is 5.99. The van der Waals surface area contributed by atoms with Gasteiger partial charge in [-0.2, -0.15) is 0 Å². The zero-order valence-corrected chi connectivity index (χ0v) is 20.4. The summed E-state index contributed by atoms with van der Waals surface area (Å²) in [5.41, 5.74) is 2.40. The summed E-state index contributed by atoms with van der Waals surface area (Å²) < 4.78 is 28.0. The van der Waals surface area contributed by atoms with Gasteiger partial charge < -0.3 is 18.9 Å². The molecule has 0 spiro atoms. The molecule has 0 saturated carbocycles. The Morgan fingerprint density at radius 2 is 1.80 bits per heavy atom. The Labute approximate surface area is 205 Å². The molecule has 7 heteroatoms. The van der Waals surface area contributed by atoms with E-state index in [2.05, 4.69) is 28.8 Å². The van der Waals surface area contributed by atoms with Crippen LogP contribution in [-0.4, -0.2) is 59.7 Å². The molecule has 35 heavy (non-hydrogen) atoms. The average molecular weight is 478 g/mol. The van der Waals surface area contributed by atoms with Gasteiger partial charge in [-0.15, -0.1) is 0 Å². The molecule has 0 radical (unpaired) electrons. The smallest absolute Gasteiger partial charge is 0.256 e. The summed E-state index contributed by atoms with van der Waals surface area (Å²) in [5, 5.41) is 0. The quantitative estimate of drug-likeness (QED) is 0.496. The van der Waals surface area contributed by atoms with Gasteiger partial charge in [-0.05, 0) is 55.8 Å². The number of aromatic nitrogens is 1. The number of ether oxygens (including phenoxy) is 2. The minimum Gasteiger partial charge on any atom is -0.497 e. The van der Waals surface area contributed by atoms with Crippen molar-refractivity contribution in [3.63, 3.8) is 0 Å². The van der Waals surface area contributed by atoms with Crippen LogP contribution in [0.3, 0.4) is 0 Å². The molecule has 0 aliphatic carbocycles. The molecule has 3 aromatic rings. The largest absolute Gasteiger partial charge is 0.497 e. The lowest BCUT2D eigenvalue weighted by Gasteiger charge is -2.49. The number of rotatable bonds is 7. The van der Waals surface area contributed by atoms with Gasteiger partial charge in [0.25, 0.3) is 5.91 Å². The van der Waals surface area contributed by atoms with Gasteiger partial charge in [0.1, 0.15) is 11.6 Å². The fourth-order valence-electron chi connectivity index (χ4n) is 5.85. The van der Waals surface area contributed by atoms with Crippen LogP contribution in [-0.2, 0) is 11.3 Å². The maximum atomic E-state index is 14.6. The normalized spacial score (nSPS) is 24.6. The summed E-state index contributed by atoms with van der Waals surface area (Å²) in [7, 11) is 3.19. The molecule has 184 valence electrons. The van der Waals surface area contributed by atoms with Crippen LogP contribution in [0.25, 0.3) is 0 Å². The number of methoxy groups -OCH3 is 2. The van der Waals surface area contributed by atoms with Crippen molar-refractivity contribution < 1.29 is 18.7 Å². The van der Waals surface area contributed by atoms with Gasteiger partial charge in [-0.25, -0.2) is 4.39 Å². The van der Waals surface area contributed by atoms with Crippen molar-refractivity contribution in [1.29, 1.82) is 0 Å². The van der Waals surface area contributed by atoms with E-state index >= 15 is 0 Å². The van der Waals surface area contributed by atoms with Gasteiger partial charge in [0.15, 0.2) is 6.23 Å². The molecule has 0 N–H and O–H groups in total. The number of carbonyl (C=O) groups is 1. The second-order valence-corrected chi connectivity index (χ2v) is 9.40. The Hall–Kier alpha value is -3.16. The van der Waals surface area contributed by atoms with Gasteiger partial charge in [0, 0.05) is 61.7 Å². The van der Waals surface area contributed by atoms with Crippen molar-refractivity contribution in [1.82, 2.24) is 14.4 Å². The number of fused-ring (bicyclic) bond motifs is 1. The number of piperidine rings is 1. The van der Waals surface area contributed by atoms with Gasteiger partial charge >= 0.3 is 0 Å². The van der Waals surface area contributed by atoms with Gasteiger partial charge in [-0.3, -0.25) is 9.69 Å². The molecular formula is C28H32FN3O3. The monoisotopic (exact) mass is 477 g/mol. The van der Waals surface area contributed by atoms with E-state index < -0.39 is 6.23 Å². The van der Waals surface area contributed by atoms with E-state index in [1.807, 2.05) is 47.4 Å². The number of hydrogen-bond donors (Lipinski definition) is 0. The second kappa shape index (κ2) is 9.84. The lowest BCUT2D eigenvalue weighted by Crippen LogP contribution is -2.58. The van der Waals surface area contributed by atoms with Crippen LogP contribution in [0.1, 0.15) is 47.0 Å². The Morgan fingerprint density at radius 3 is 2.54 bits per heavy atom. The van der Waals surface area contributed by atoms with E-state index in [1.54, 1.807) is 20.3 Å². The first-order valence-corrected chi connectivity index (χ1v) is 12.2. The van der Waals surface area contributed by atoms with Crippen LogP contribution in [0.4, 0.5) is 4.39 Å². The van der Waals surface area contributed by atoms with Crippen molar-refractivity contribution in [3.05, 3.63) is 89.5 Å². The third-order valence-corrected chi connectivity index (χ3v) is 7.57. The first kappa shape index (κ1) is 23.6. The Kier molecular flexibility index (Phi) is 6.62. The molecule has 1 amide bonds. The maximum Gasteiger partial charge on any atom is 0.256 e. The summed E-state index contributed by atoms with van der Waals surface area (Å²) in [6.07, 6.45) is 4.45. The topological polar surface area (TPSA) is 46.9 Å². The van der Waals surface area contributed by atoms with Crippen LogP contribution >= 0.6 is 0 Å². The fourth-order valence-corrected chi connectivity index (χ4v) is 5.85. The molecule has 1 fully saturated rings. The molecule has 2 aromatic carbocycles. The highest BCUT2D eigenvalue weighted by atomic mass is 19.1. The third-order valence-electron chi connectivity index (χ3n) is 7.57. The standard InChI is InChI=1S/C28H32FN3O3/c1-19-26(32-27(33)24-8-4-5-9-25(24)28(32)35-3)23(20-16-21(29)18-22(17-20)34-2)10-13-31(19)15-14-30-11-6-7-12-30/h4-9,11-12,16-19,23,26,28H,10,13-15H2,1-3H3. The van der Waals surface area contributed by atoms with E-state index in [9.17, 15) is 9.18 Å². The molecule has 1 aromatic heterocycles. The molecule has 3 heterocycles. The van der Waals surface area contributed by atoms with E-state index in [0.717, 1.165) is 37.2 Å². The molecule has 4 unspecified atom stereocenters. The summed E-state index contributed by atoms with van der Waals surface area (Å²) in [4.78, 5) is 18.1. The number of likely N-dealkylation sites (tertiary alicyclic amines) is 1. The molecule has 6 nitrogen and oxygen atoms in total. The Morgan fingerprint density at radius 1 is 1.03 bits per heavy atom. The minimum absolute atomic E-state index is 0.0366. The highest BCUT2D eigenvalue weighted by Crippen LogP contribution is 2.44. The molecule has 1 saturated heterocycles. The third kappa shape index (κ3) is 4.34. The van der Waals surface area contributed by atoms with Crippen molar-refractivity contribution >= 4 is 5.91 Å². The molecule has 2 aliphatic rings. The summed E-state index contributed by atoms with van der Waals surface area (Å²) in [6, 6.07) is 16.4. The number of nitrogens with zero attached hydrogens (tertiary/aromatic N) is 3. The van der Waals surface area contributed by atoms with Crippen LogP contribution < -0.4 is 4.74 Å². The lowest BCUT2D eigenvalue weighted by molar-refractivity contribution is -0.0644. The molecule has 5 rings (SSSR count). The second-order valence-electron chi connectivity index (χ2n) is 9.40. The first-order chi connectivity index (χ1) is 17.0. The number of carbonyl (C=O) groups excluding carboxylic acids is 1. The zero-order valence-electron chi connectivity index (χ0n) is 20.4. The van der Waals surface area contributed by atoms with Crippen LogP contribution in [0, 0.1) is 5.82 Å². The average Bonchev–Trinajstić information content (AvgIpc) is 3.49. The van der Waals surface area contributed by atoms with E-state index in [0.29, 0.717) is 11.3 Å². The zero-order chi connectivity index (χ0) is 24.5. The fraction of sp³-hybridized carbons (Fsp3) is 0.393. The summed E-state index contributed by atoms with van der Waals surface area (Å²) in [5.74, 6) is 0.0548. The van der Waals surface area contributed by atoms with E-state index in [4.69, 9.17) is 9.47 Å². The number of halogens is 1. The summed E-state index contributed by atoms with van der Waals surface area (Å²) >= 11 is 0. The SMILES string of the molecule is COc1cc(F)cc(C2CCN(CCn3cccc3)C(C)C2N2C(=O)c3ccccc3C2OC)c1. The number of benzene rings is 2. The minimum atomic E-state index is -0.478. The van der Waals surface area contributed by atoms with Gasteiger partial charge in [0.2, 0.25) is 0 Å². The molecular weight excluding hydrogens is 445 g/mol. The van der Waals surface area contributed by atoms with Crippen LogP contribution in [0.5, 0.6) is 5.75 Å². The number of amides is 1. The summed E-state index contributed by atoms with van der Waals surface area (Å²) in [6.45, 7) is 4.75. The van der Waals surface area contributed by atoms with Crippen molar-refractivity contribution in [2.45, 2.75) is 44.1 Å². The van der Waals surface area contributed by atoms with Crippen LogP contribution in [0.2, 0.25) is 0 Å². The van der Waals surface area contributed by atoms with Crippen LogP contribution in [0.15, 0.2) is 67.0 Å². The van der Waals surface area contributed by atoms with Gasteiger partial charge in [-0.1, -0.05) is 18.2 Å². The molecule has 2 aliphatic heterocycles. The Balaban J connectivity index is 1.52. The first-order valence-electron chi connectivity index (χ1n) is 12.2. The Bertz CT molecular complexity index is 1180. The number of hydrogen-bond acceptors (Lipinski definition) is 4. The van der Waals surface area contributed by atoms with Crippen molar-refractivity contribution in [3.8, 4) is 5.75 Å². The van der Waals surface area contributed by atoms with Gasteiger partial charge in [0.05, 0.1) is 13.2 Å². The maximum absolute atomic E-state index is 14.6. The van der Waals surface area contributed by atoms with E-state index in [1.165, 1.54) is 6.07 Å². The predicted molar refractivity (Wildman–Crippen MR) is 132 cm³/mol. The molecule has 0 bridgehead atoms. The van der Waals surface area contributed by atoms with Crippen molar-refractivity contribution in [2.24, 2.45) is 0 Å². The van der Waals surface area contributed by atoms with Crippen molar-refractivity contribution in [2.75, 3.05) is 27.3 Å². The highest BCUT2D eigenvalue weighted by Gasteiger charge is 2.48. The lowest BCUT2D eigenvalue weighted by atomic mass is 9.80. The predicted octanol–water partition coefficient (Wildman–Crippen LogP) is 4.68. The molecule has 4 atom stereocenters.